The molecule has 0 atom stereocenters. The Kier molecular flexibility index (Phi) is 5.30. The molecule has 21 heavy (non-hydrogen) atoms. The average Bonchev–Trinajstić information content (AvgIpc) is 2.49. The molecule has 0 saturated heterocycles. The van der Waals surface area contributed by atoms with Crippen molar-refractivity contribution >= 4 is 15.7 Å². The zero-order valence-electron chi connectivity index (χ0n) is 11.9. The minimum atomic E-state index is -3.47. The first-order valence-corrected chi connectivity index (χ1v) is 8.33. The van der Waals surface area contributed by atoms with Gasteiger partial charge in [0.15, 0.2) is 0 Å². The predicted octanol–water partition coefficient (Wildman–Crippen LogP) is 2.03. The van der Waals surface area contributed by atoms with Crippen LogP contribution in [-0.2, 0) is 16.4 Å². The molecule has 0 aliphatic carbocycles. The summed E-state index contributed by atoms with van der Waals surface area (Å²) in [6, 6.07) is 12.3. The maximum absolute atomic E-state index is 12.1. The standard InChI is InChI=1S/C15H19N3O2S/c1-2-16-14-6-8-15(9-7-14)21(19,20)18-12-10-13-5-3-4-11-17-13/h3-9,11,16,18H,2,10,12H2,1H3. The molecule has 2 N–H and O–H groups in total. The van der Waals surface area contributed by atoms with Crippen molar-refractivity contribution in [2.75, 3.05) is 18.4 Å². The van der Waals surface area contributed by atoms with Gasteiger partial charge in [-0.15, -0.1) is 0 Å². The Morgan fingerprint density at radius 2 is 1.86 bits per heavy atom. The summed E-state index contributed by atoms with van der Waals surface area (Å²) in [6.07, 6.45) is 2.26. The number of pyridine rings is 1. The summed E-state index contributed by atoms with van der Waals surface area (Å²) in [5.41, 5.74) is 1.77. The van der Waals surface area contributed by atoms with E-state index in [1.54, 1.807) is 30.5 Å². The Hall–Kier alpha value is -1.92. The molecule has 5 nitrogen and oxygen atoms in total. The number of benzene rings is 1. The van der Waals surface area contributed by atoms with Gasteiger partial charge in [-0.1, -0.05) is 6.07 Å². The first kappa shape index (κ1) is 15.5. The van der Waals surface area contributed by atoms with Crippen LogP contribution < -0.4 is 10.0 Å². The van der Waals surface area contributed by atoms with Gasteiger partial charge in [-0.05, 0) is 43.3 Å². The van der Waals surface area contributed by atoms with E-state index < -0.39 is 10.0 Å². The molecule has 0 radical (unpaired) electrons. The van der Waals surface area contributed by atoms with Crippen LogP contribution in [-0.4, -0.2) is 26.5 Å². The molecule has 1 aromatic heterocycles. The van der Waals surface area contributed by atoms with E-state index in [9.17, 15) is 8.42 Å². The van der Waals surface area contributed by atoms with Gasteiger partial charge in [0, 0.05) is 37.1 Å². The van der Waals surface area contributed by atoms with Crippen molar-refractivity contribution in [2.45, 2.75) is 18.2 Å². The number of nitrogens with zero attached hydrogens (tertiary/aromatic N) is 1. The summed E-state index contributed by atoms with van der Waals surface area (Å²) in [4.78, 5) is 4.43. The molecular formula is C15H19N3O2S. The lowest BCUT2D eigenvalue weighted by Gasteiger charge is -2.08. The molecule has 0 aliphatic heterocycles. The molecular weight excluding hydrogens is 286 g/mol. The molecule has 0 saturated carbocycles. The number of anilines is 1. The zero-order valence-corrected chi connectivity index (χ0v) is 12.7. The number of rotatable bonds is 7. The smallest absolute Gasteiger partial charge is 0.240 e. The maximum atomic E-state index is 12.1. The Morgan fingerprint density at radius 1 is 1.10 bits per heavy atom. The Bertz CT molecular complexity index is 655. The fourth-order valence-corrected chi connectivity index (χ4v) is 2.93. The largest absolute Gasteiger partial charge is 0.385 e. The highest BCUT2D eigenvalue weighted by Crippen LogP contribution is 2.13. The molecule has 6 heteroatoms. The fraction of sp³-hybridized carbons (Fsp3) is 0.267. The lowest BCUT2D eigenvalue weighted by atomic mass is 10.3. The highest BCUT2D eigenvalue weighted by atomic mass is 32.2. The monoisotopic (exact) mass is 305 g/mol. The number of sulfonamides is 1. The topological polar surface area (TPSA) is 71.1 Å². The van der Waals surface area contributed by atoms with Gasteiger partial charge in [-0.2, -0.15) is 0 Å². The summed E-state index contributed by atoms with van der Waals surface area (Å²) in [5.74, 6) is 0. The van der Waals surface area contributed by atoms with E-state index >= 15 is 0 Å². The zero-order chi connectivity index (χ0) is 15.1. The molecule has 112 valence electrons. The van der Waals surface area contributed by atoms with Gasteiger partial charge >= 0.3 is 0 Å². The molecule has 0 unspecified atom stereocenters. The van der Waals surface area contributed by atoms with Gasteiger partial charge in [-0.3, -0.25) is 4.98 Å². The first-order chi connectivity index (χ1) is 10.1. The van der Waals surface area contributed by atoms with Crippen molar-refractivity contribution < 1.29 is 8.42 Å². The third kappa shape index (κ3) is 4.54. The van der Waals surface area contributed by atoms with E-state index in [0.717, 1.165) is 17.9 Å². The first-order valence-electron chi connectivity index (χ1n) is 6.85. The molecule has 0 bridgehead atoms. The van der Waals surface area contributed by atoms with E-state index in [4.69, 9.17) is 0 Å². The van der Waals surface area contributed by atoms with Crippen LogP contribution in [0.1, 0.15) is 12.6 Å². The van der Waals surface area contributed by atoms with Crippen molar-refractivity contribution in [3.63, 3.8) is 0 Å². The van der Waals surface area contributed by atoms with E-state index in [-0.39, 0.29) is 4.90 Å². The molecule has 1 aromatic carbocycles. The normalized spacial score (nSPS) is 11.3. The third-order valence-electron chi connectivity index (χ3n) is 2.94. The molecule has 1 heterocycles. The quantitative estimate of drug-likeness (QED) is 0.821. The van der Waals surface area contributed by atoms with Gasteiger partial charge < -0.3 is 5.32 Å². The van der Waals surface area contributed by atoms with Crippen LogP contribution >= 0.6 is 0 Å². The highest BCUT2D eigenvalue weighted by molar-refractivity contribution is 7.89. The second-order valence-electron chi connectivity index (χ2n) is 4.52. The van der Waals surface area contributed by atoms with Crippen molar-refractivity contribution in [1.82, 2.24) is 9.71 Å². The van der Waals surface area contributed by atoms with Crippen LogP contribution in [0.5, 0.6) is 0 Å². The number of hydrogen-bond acceptors (Lipinski definition) is 4. The Labute approximate surface area is 125 Å². The molecule has 0 spiro atoms. The SMILES string of the molecule is CCNc1ccc(S(=O)(=O)NCCc2ccccn2)cc1. The molecule has 0 amide bonds. The summed E-state index contributed by atoms with van der Waals surface area (Å²) in [6.45, 7) is 3.12. The van der Waals surface area contributed by atoms with Crippen LogP contribution in [0.2, 0.25) is 0 Å². The minimum Gasteiger partial charge on any atom is -0.385 e. The molecule has 2 aromatic rings. The van der Waals surface area contributed by atoms with Crippen LogP contribution in [0.15, 0.2) is 53.6 Å². The molecule has 2 rings (SSSR count). The summed E-state index contributed by atoms with van der Waals surface area (Å²) >= 11 is 0. The van der Waals surface area contributed by atoms with E-state index in [1.807, 2.05) is 25.1 Å². The molecule has 0 aliphatic rings. The lowest BCUT2D eigenvalue weighted by Crippen LogP contribution is -2.26. The van der Waals surface area contributed by atoms with Gasteiger partial charge in [0.25, 0.3) is 0 Å². The van der Waals surface area contributed by atoms with Gasteiger partial charge in [0.05, 0.1) is 4.90 Å². The van der Waals surface area contributed by atoms with Crippen molar-refractivity contribution in [1.29, 1.82) is 0 Å². The Balaban J connectivity index is 1.95. The van der Waals surface area contributed by atoms with Gasteiger partial charge in [0.2, 0.25) is 10.0 Å². The van der Waals surface area contributed by atoms with Crippen LogP contribution in [0.25, 0.3) is 0 Å². The number of nitrogens with one attached hydrogen (secondary N) is 2. The van der Waals surface area contributed by atoms with Gasteiger partial charge in [0.1, 0.15) is 0 Å². The maximum Gasteiger partial charge on any atom is 0.240 e. The number of hydrogen-bond donors (Lipinski definition) is 2. The Morgan fingerprint density at radius 3 is 2.48 bits per heavy atom. The van der Waals surface area contributed by atoms with Crippen LogP contribution in [0.4, 0.5) is 5.69 Å². The summed E-state index contributed by atoms with van der Waals surface area (Å²) in [7, 11) is -3.47. The second kappa shape index (κ2) is 7.19. The van der Waals surface area contributed by atoms with E-state index in [0.29, 0.717) is 13.0 Å². The third-order valence-corrected chi connectivity index (χ3v) is 4.42. The minimum absolute atomic E-state index is 0.269. The molecule has 0 fully saturated rings. The van der Waals surface area contributed by atoms with Crippen LogP contribution in [0.3, 0.4) is 0 Å². The van der Waals surface area contributed by atoms with Gasteiger partial charge in [-0.25, -0.2) is 13.1 Å². The van der Waals surface area contributed by atoms with E-state index in [2.05, 4.69) is 15.0 Å². The second-order valence-corrected chi connectivity index (χ2v) is 6.29. The van der Waals surface area contributed by atoms with Crippen molar-refractivity contribution in [3.8, 4) is 0 Å². The summed E-state index contributed by atoms with van der Waals surface area (Å²) in [5, 5.41) is 3.13. The van der Waals surface area contributed by atoms with E-state index in [1.165, 1.54) is 0 Å². The fourth-order valence-electron chi connectivity index (χ4n) is 1.90. The average molecular weight is 305 g/mol. The van der Waals surface area contributed by atoms with Crippen molar-refractivity contribution in [2.24, 2.45) is 0 Å². The predicted molar refractivity (Wildman–Crippen MR) is 83.7 cm³/mol. The number of aromatic nitrogens is 1. The van der Waals surface area contributed by atoms with Crippen LogP contribution in [0, 0.1) is 0 Å². The highest BCUT2D eigenvalue weighted by Gasteiger charge is 2.13. The lowest BCUT2D eigenvalue weighted by molar-refractivity contribution is 0.581. The van der Waals surface area contributed by atoms with Crippen molar-refractivity contribution in [3.05, 3.63) is 54.4 Å². The summed E-state index contributed by atoms with van der Waals surface area (Å²) < 4.78 is 26.9.